The van der Waals surface area contributed by atoms with Gasteiger partial charge in [-0.15, -0.1) is 0 Å². The second kappa shape index (κ2) is 6.39. The van der Waals surface area contributed by atoms with Crippen molar-refractivity contribution in [1.29, 1.82) is 5.26 Å². The third-order valence-electron chi connectivity index (χ3n) is 3.50. The minimum absolute atomic E-state index is 0.00370. The van der Waals surface area contributed by atoms with Crippen molar-refractivity contribution < 1.29 is 14.7 Å². The molecular weight excluding hydrogens is 232 g/mol. The summed E-state index contributed by atoms with van der Waals surface area (Å²) >= 11 is 0. The van der Waals surface area contributed by atoms with Crippen LogP contribution in [0, 0.1) is 23.2 Å². The summed E-state index contributed by atoms with van der Waals surface area (Å²) in [5.41, 5.74) is 0. The normalized spacial score (nSPS) is 22.8. The number of carboxylic acids is 1. The minimum Gasteiger partial charge on any atom is -0.481 e. The molecule has 1 N–H and O–H groups in total. The predicted octanol–water partition coefficient (Wildman–Crippen LogP) is 1.64. The van der Waals surface area contributed by atoms with Crippen molar-refractivity contribution in [2.24, 2.45) is 11.8 Å². The molecule has 2 unspecified atom stereocenters. The van der Waals surface area contributed by atoms with Crippen LogP contribution in [0.1, 0.15) is 39.5 Å². The Bertz CT molecular complexity index is 360. The van der Waals surface area contributed by atoms with E-state index in [2.05, 4.69) is 0 Å². The second-order valence-corrected chi connectivity index (χ2v) is 5.08. The van der Waals surface area contributed by atoms with Gasteiger partial charge in [-0.25, -0.2) is 0 Å². The van der Waals surface area contributed by atoms with Gasteiger partial charge in [0, 0.05) is 18.5 Å². The van der Waals surface area contributed by atoms with E-state index in [0.717, 1.165) is 0 Å². The summed E-state index contributed by atoms with van der Waals surface area (Å²) in [6, 6.07) is 2.09. The first-order valence-corrected chi connectivity index (χ1v) is 6.37. The Morgan fingerprint density at radius 3 is 2.44 bits per heavy atom. The first-order chi connectivity index (χ1) is 8.47. The molecule has 0 heterocycles. The van der Waals surface area contributed by atoms with Crippen molar-refractivity contribution in [2.45, 2.75) is 45.6 Å². The molecule has 0 bridgehead atoms. The minimum atomic E-state index is -0.807. The average molecular weight is 252 g/mol. The Balaban J connectivity index is 2.62. The van der Waals surface area contributed by atoms with Gasteiger partial charge in [0.2, 0.25) is 5.91 Å². The lowest BCUT2D eigenvalue weighted by Crippen LogP contribution is -2.41. The summed E-state index contributed by atoms with van der Waals surface area (Å²) in [4.78, 5) is 24.9. The van der Waals surface area contributed by atoms with Gasteiger partial charge in [0.25, 0.3) is 0 Å². The number of carbonyl (C=O) groups excluding carboxylic acids is 1. The first-order valence-electron chi connectivity index (χ1n) is 6.37. The van der Waals surface area contributed by atoms with Gasteiger partial charge in [-0.2, -0.15) is 5.26 Å². The fourth-order valence-electron chi connectivity index (χ4n) is 2.46. The average Bonchev–Trinajstić information content (AvgIpc) is 2.78. The molecule has 0 aromatic carbocycles. The SMILES string of the molecule is CC(C)N(CCC#N)C(=O)C1CCC(C(=O)O)C1. The van der Waals surface area contributed by atoms with E-state index in [-0.39, 0.29) is 23.8 Å². The van der Waals surface area contributed by atoms with Crippen LogP contribution < -0.4 is 0 Å². The number of carbonyl (C=O) groups is 2. The summed E-state index contributed by atoms with van der Waals surface area (Å²) < 4.78 is 0. The molecule has 0 aromatic heterocycles. The van der Waals surface area contributed by atoms with Gasteiger partial charge in [0.15, 0.2) is 0 Å². The largest absolute Gasteiger partial charge is 0.481 e. The molecule has 5 heteroatoms. The molecule has 1 amide bonds. The maximum Gasteiger partial charge on any atom is 0.306 e. The lowest BCUT2D eigenvalue weighted by atomic mass is 10.0. The van der Waals surface area contributed by atoms with E-state index < -0.39 is 5.97 Å². The summed E-state index contributed by atoms with van der Waals surface area (Å²) in [6.07, 6.45) is 1.98. The second-order valence-electron chi connectivity index (χ2n) is 5.08. The number of hydrogen-bond donors (Lipinski definition) is 1. The molecule has 18 heavy (non-hydrogen) atoms. The summed E-state index contributed by atoms with van der Waals surface area (Å²) in [7, 11) is 0. The van der Waals surface area contributed by atoms with E-state index in [9.17, 15) is 9.59 Å². The Morgan fingerprint density at radius 1 is 1.39 bits per heavy atom. The van der Waals surface area contributed by atoms with E-state index in [1.54, 1.807) is 4.90 Å². The van der Waals surface area contributed by atoms with Crippen LogP contribution in [0.25, 0.3) is 0 Å². The van der Waals surface area contributed by atoms with Gasteiger partial charge in [-0.05, 0) is 33.1 Å². The third-order valence-corrected chi connectivity index (χ3v) is 3.50. The van der Waals surface area contributed by atoms with Crippen LogP contribution in [-0.4, -0.2) is 34.5 Å². The van der Waals surface area contributed by atoms with Crippen molar-refractivity contribution in [3.05, 3.63) is 0 Å². The Hall–Kier alpha value is -1.57. The summed E-state index contributed by atoms with van der Waals surface area (Å²) in [5, 5.41) is 17.5. The molecule has 1 saturated carbocycles. The molecule has 2 atom stereocenters. The van der Waals surface area contributed by atoms with Gasteiger partial charge in [-0.1, -0.05) is 0 Å². The highest BCUT2D eigenvalue weighted by Gasteiger charge is 2.36. The van der Waals surface area contributed by atoms with Crippen LogP contribution in [-0.2, 0) is 9.59 Å². The molecule has 1 aliphatic carbocycles. The maximum atomic E-state index is 12.3. The number of hydrogen-bond acceptors (Lipinski definition) is 3. The van der Waals surface area contributed by atoms with Crippen LogP contribution in [0.5, 0.6) is 0 Å². The van der Waals surface area contributed by atoms with Gasteiger partial charge in [-0.3, -0.25) is 9.59 Å². The quantitative estimate of drug-likeness (QED) is 0.806. The molecule has 1 rings (SSSR count). The van der Waals surface area contributed by atoms with Gasteiger partial charge in [0.1, 0.15) is 0 Å². The number of aliphatic carboxylic acids is 1. The third kappa shape index (κ3) is 3.46. The van der Waals surface area contributed by atoms with E-state index in [1.165, 1.54) is 0 Å². The van der Waals surface area contributed by atoms with Crippen molar-refractivity contribution >= 4 is 11.9 Å². The highest BCUT2D eigenvalue weighted by Crippen LogP contribution is 2.32. The molecule has 1 fully saturated rings. The molecule has 0 aromatic rings. The molecule has 0 spiro atoms. The fourth-order valence-corrected chi connectivity index (χ4v) is 2.46. The zero-order valence-corrected chi connectivity index (χ0v) is 10.9. The standard InChI is InChI=1S/C13H20N2O3/c1-9(2)15(7-3-6-14)12(16)10-4-5-11(8-10)13(17)18/h9-11H,3-5,7-8H2,1-2H3,(H,17,18). The van der Waals surface area contributed by atoms with E-state index >= 15 is 0 Å². The van der Waals surface area contributed by atoms with E-state index in [4.69, 9.17) is 10.4 Å². The molecule has 0 saturated heterocycles. The molecule has 100 valence electrons. The summed E-state index contributed by atoms with van der Waals surface area (Å²) in [6.45, 7) is 4.26. The highest BCUT2D eigenvalue weighted by atomic mass is 16.4. The van der Waals surface area contributed by atoms with Gasteiger partial charge >= 0.3 is 5.97 Å². The first kappa shape index (κ1) is 14.5. The smallest absolute Gasteiger partial charge is 0.306 e. The van der Waals surface area contributed by atoms with Crippen molar-refractivity contribution in [1.82, 2.24) is 4.90 Å². The number of rotatable bonds is 5. The Morgan fingerprint density at radius 2 is 2.00 bits per heavy atom. The predicted molar refractivity (Wildman–Crippen MR) is 65.5 cm³/mol. The Kier molecular flexibility index (Phi) is 5.14. The molecule has 0 aliphatic heterocycles. The van der Waals surface area contributed by atoms with Crippen LogP contribution in [0.15, 0.2) is 0 Å². The lowest BCUT2D eigenvalue weighted by Gasteiger charge is -2.28. The lowest BCUT2D eigenvalue weighted by molar-refractivity contribution is -0.141. The topological polar surface area (TPSA) is 81.4 Å². The zero-order chi connectivity index (χ0) is 13.7. The highest BCUT2D eigenvalue weighted by molar-refractivity contribution is 5.81. The fraction of sp³-hybridized carbons (Fsp3) is 0.769. The van der Waals surface area contributed by atoms with E-state index in [1.807, 2.05) is 19.9 Å². The molecular formula is C13H20N2O3. The van der Waals surface area contributed by atoms with E-state index in [0.29, 0.717) is 32.2 Å². The van der Waals surface area contributed by atoms with Gasteiger partial charge in [0.05, 0.1) is 18.4 Å². The van der Waals surface area contributed by atoms with Crippen molar-refractivity contribution in [3.63, 3.8) is 0 Å². The van der Waals surface area contributed by atoms with Crippen molar-refractivity contribution in [3.8, 4) is 6.07 Å². The van der Waals surface area contributed by atoms with Crippen LogP contribution in [0.2, 0.25) is 0 Å². The van der Waals surface area contributed by atoms with Gasteiger partial charge < -0.3 is 10.0 Å². The Labute approximate surface area is 107 Å². The number of carboxylic acid groups (broad SMARTS) is 1. The maximum absolute atomic E-state index is 12.3. The monoisotopic (exact) mass is 252 g/mol. The summed E-state index contributed by atoms with van der Waals surface area (Å²) in [5.74, 6) is -1.38. The molecule has 0 radical (unpaired) electrons. The molecule has 1 aliphatic rings. The zero-order valence-electron chi connectivity index (χ0n) is 10.9. The van der Waals surface area contributed by atoms with Crippen LogP contribution in [0.3, 0.4) is 0 Å². The molecule has 5 nitrogen and oxygen atoms in total. The van der Waals surface area contributed by atoms with Crippen LogP contribution >= 0.6 is 0 Å². The number of amides is 1. The van der Waals surface area contributed by atoms with Crippen LogP contribution in [0.4, 0.5) is 0 Å². The number of nitriles is 1. The number of nitrogens with zero attached hydrogens (tertiary/aromatic N) is 2. The van der Waals surface area contributed by atoms with Crippen molar-refractivity contribution in [2.75, 3.05) is 6.54 Å².